The number of benzene rings is 2. The number of imide groups is 1. The Hall–Kier alpha value is -3.18. The van der Waals surface area contributed by atoms with E-state index in [1.54, 1.807) is 4.90 Å². The van der Waals surface area contributed by atoms with Crippen molar-refractivity contribution in [2.24, 2.45) is 17.8 Å². The van der Waals surface area contributed by atoms with E-state index in [9.17, 15) is 14.7 Å². The van der Waals surface area contributed by atoms with Gasteiger partial charge in [0.2, 0.25) is 11.8 Å². The number of hydrogen-bond donors (Lipinski definition) is 1. The highest BCUT2D eigenvalue weighted by atomic mass is 16.5. The summed E-state index contributed by atoms with van der Waals surface area (Å²) in [6.45, 7) is 6.62. The summed E-state index contributed by atoms with van der Waals surface area (Å²) in [5.41, 5.74) is 7.94. The number of fused-ring (bicyclic) bond motifs is 3. The summed E-state index contributed by atoms with van der Waals surface area (Å²) in [5, 5.41) is 10.3. The van der Waals surface area contributed by atoms with Crippen molar-refractivity contribution in [2.45, 2.75) is 97.1 Å². The second kappa shape index (κ2) is 12.2. The van der Waals surface area contributed by atoms with E-state index < -0.39 is 0 Å². The molecule has 2 aromatic carbocycles. The Morgan fingerprint density at radius 2 is 1.71 bits per heavy atom. The first-order valence-electron chi connectivity index (χ1n) is 16.1. The maximum Gasteiger partial charge on any atom is 0.234 e. The van der Waals surface area contributed by atoms with Gasteiger partial charge in [-0.3, -0.25) is 14.5 Å². The maximum absolute atomic E-state index is 13.9. The second-order valence-electron chi connectivity index (χ2n) is 13.0. The minimum atomic E-state index is -0.257. The third-order valence-corrected chi connectivity index (χ3v) is 10.2. The molecule has 0 bridgehead atoms. The number of hydrogen-bond acceptors (Lipinski definition) is 4. The fourth-order valence-electron chi connectivity index (χ4n) is 8.25. The van der Waals surface area contributed by atoms with E-state index in [-0.39, 0.29) is 41.7 Å². The van der Waals surface area contributed by atoms with Gasteiger partial charge in [0.1, 0.15) is 5.75 Å². The predicted molar refractivity (Wildman–Crippen MR) is 167 cm³/mol. The van der Waals surface area contributed by atoms with Crippen molar-refractivity contribution in [3.05, 3.63) is 75.9 Å². The van der Waals surface area contributed by atoms with Gasteiger partial charge in [0.15, 0.2) is 0 Å². The highest BCUT2D eigenvalue weighted by Crippen LogP contribution is 2.51. The Balaban J connectivity index is 1.27. The summed E-state index contributed by atoms with van der Waals surface area (Å²) in [6, 6.07) is 14.7. The number of rotatable bonds is 8. The molecule has 5 heteroatoms. The van der Waals surface area contributed by atoms with Crippen LogP contribution in [0.1, 0.15) is 93.4 Å². The van der Waals surface area contributed by atoms with Crippen LogP contribution in [0, 0.1) is 31.6 Å². The molecule has 2 heterocycles. The van der Waals surface area contributed by atoms with Crippen LogP contribution in [-0.4, -0.2) is 40.6 Å². The Morgan fingerprint density at radius 3 is 2.40 bits per heavy atom. The Kier molecular flexibility index (Phi) is 8.40. The zero-order chi connectivity index (χ0) is 29.4. The quantitative estimate of drug-likeness (QED) is 0.201. The van der Waals surface area contributed by atoms with Crippen LogP contribution in [-0.2, 0) is 14.3 Å². The normalized spacial score (nSPS) is 26.6. The van der Waals surface area contributed by atoms with Gasteiger partial charge < -0.3 is 9.84 Å². The molecule has 0 radical (unpaired) electrons. The van der Waals surface area contributed by atoms with E-state index in [2.05, 4.69) is 37.3 Å². The number of amides is 2. The zero-order valence-electron chi connectivity index (χ0n) is 25.4. The first-order chi connectivity index (χ1) is 20.4. The van der Waals surface area contributed by atoms with E-state index in [0.717, 1.165) is 68.1 Å². The van der Waals surface area contributed by atoms with Gasteiger partial charge in [0.05, 0.1) is 24.5 Å². The highest BCUT2D eigenvalue weighted by molar-refractivity contribution is 6.06. The van der Waals surface area contributed by atoms with Gasteiger partial charge in [-0.15, -0.1) is 0 Å². The largest absolute Gasteiger partial charge is 0.507 e. The number of phenolic OH excluding ortho intramolecular Hbond substituents is 1. The summed E-state index contributed by atoms with van der Waals surface area (Å²) in [7, 11) is 0. The Labute approximate surface area is 250 Å². The van der Waals surface area contributed by atoms with Crippen LogP contribution in [0.4, 0.5) is 0 Å². The number of allylic oxidation sites excluding steroid dienone is 2. The molecule has 0 spiro atoms. The molecule has 3 fully saturated rings. The van der Waals surface area contributed by atoms with Gasteiger partial charge in [-0.25, -0.2) is 0 Å². The SMILES string of the molecule is CCCC1=C2[C@@H](CC/C(=C/c3cc(C)c(O)c(C)c3)c3ccccc3)OC[C@@H]2[C@@H]2C(=O)N(C3CCCCC3)C(=O)[C@@H]2C1. The molecule has 4 aliphatic rings. The molecule has 4 atom stereocenters. The fraction of sp³-hybridized carbons (Fsp3) is 0.514. The molecule has 2 amide bonds. The van der Waals surface area contributed by atoms with Crippen LogP contribution in [0.2, 0.25) is 0 Å². The van der Waals surface area contributed by atoms with Gasteiger partial charge in [0, 0.05) is 12.0 Å². The minimum absolute atomic E-state index is 0.0203. The molecule has 5 nitrogen and oxygen atoms in total. The Bertz CT molecular complexity index is 1380. The van der Waals surface area contributed by atoms with Crippen LogP contribution in [0.25, 0.3) is 11.6 Å². The van der Waals surface area contributed by atoms with Gasteiger partial charge in [-0.1, -0.05) is 74.6 Å². The van der Waals surface area contributed by atoms with E-state index in [0.29, 0.717) is 18.8 Å². The first-order valence-corrected chi connectivity index (χ1v) is 16.1. The number of likely N-dealkylation sites (tertiary alicyclic amines) is 1. The van der Waals surface area contributed by atoms with Crippen LogP contribution < -0.4 is 0 Å². The van der Waals surface area contributed by atoms with Crippen LogP contribution in [0.5, 0.6) is 5.75 Å². The highest BCUT2D eigenvalue weighted by Gasteiger charge is 2.57. The summed E-state index contributed by atoms with van der Waals surface area (Å²) in [6.07, 6.45) is 11.9. The topological polar surface area (TPSA) is 66.8 Å². The maximum atomic E-state index is 13.9. The number of aromatic hydroxyl groups is 1. The van der Waals surface area contributed by atoms with E-state index in [1.807, 2.05) is 32.0 Å². The average molecular weight is 568 g/mol. The number of ether oxygens (including phenoxy) is 1. The van der Waals surface area contributed by atoms with Gasteiger partial charge in [0.25, 0.3) is 0 Å². The number of carbonyl (C=O) groups excluding carboxylic acids is 2. The predicted octanol–water partition coefficient (Wildman–Crippen LogP) is 7.78. The van der Waals surface area contributed by atoms with Crippen LogP contribution in [0.3, 0.4) is 0 Å². The third kappa shape index (κ3) is 5.37. The van der Waals surface area contributed by atoms with E-state index in [4.69, 9.17) is 4.74 Å². The van der Waals surface area contributed by atoms with Crippen molar-refractivity contribution >= 4 is 23.5 Å². The summed E-state index contributed by atoms with van der Waals surface area (Å²) >= 11 is 0. The monoisotopic (exact) mass is 567 g/mol. The van der Waals surface area contributed by atoms with E-state index >= 15 is 0 Å². The number of nitrogens with zero attached hydrogens (tertiary/aromatic N) is 1. The Morgan fingerprint density at radius 1 is 1.00 bits per heavy atom. The van der Waals surface area contributed by atoms with Crippen molar-refractivity contribution in [2.75, 3.05) is 6.61 Å². The van der Waals surface area contributed by atoms with Crippen molar-refractivity contribution in [1.29, 1.82) is 0 Å². The lowest BCUT2D eigenvalue weighted by Gasteiger charge is -2.32. The molecule has 0 aromatic heterocycles. The molecule has 1 N–H and O–H groups in total. The third-order valence-electron chi connectivity index (χ3n) is 10.2. The molecule has 222 valence electrons. The molecular formula is C37H45NO4. The molecule has 2 aromatic rings. The van der Waals surface area contributed by atoms with Crippen molar-refractivity contribution < 1.29 is 19.4 Å². The van der Waals surface area contributed by atoms with Gasteiger partial charge in [-0.2, -0.15) is 0 Å². The van der Waals surface area contributed by atoms with E-state index in [1.165, 1.54) is 28.7 Å². The smallest absolute Gasteiger partial charge is 0.234 e. The lowest BCUT2D eigenvalue weighted by atomic mass is 9.68. The molecule has 6 rings (SSSR count). The number of carbonyl (C=O) groups is 2. The summed E-state index contributed by atoms with van der Waals surface area (Å²) < 4.78 is 6.54. The lowest BCUT2D eigenvalue weighted by Crippen LogP contribution is -2.42. The average Bonchev–Trinajstić information content (AvgIpc) is 3.53. The molecule has 2 saturated heterocycles. The number of phenols is 1. The van der Waals surface area contributed by atoms with Crippen LogP contribution >= 0.6 is 0 Å². The zero-order valence-corrected chi connectivity index (χ0v) is 25.4. The molecule has 2 aliphatic carbocycles. The minimum Gasteiger partial charge on any atom is -0.507 e. The molecule has 2 aliphatic heterocycles. The fourth-order valence-corrected chi connectivity index (χ4v) is 8.25. The molecule has 0 unspecified atom stereocenters. The molecular weight excluding hydrogens is 522 g/mol. The number of aryl methyl sites for hydroxylation is 2. The first kappa shape index (κ1) is 28.9. The van der Waals surface area contributed by atoms with Crippen molar-refractivity contribution in [3.8, 4) is 5.75 Å². The van der Waals surface area contributed by atoms with Crippen molar-refractivity contribution in [1.82, 2.24) is 4.90 Å². The summed E-state index contributed by atoms with van der Waals surface area (Å²) in [4.78, 5) is 29.3. The standard InChI is InChI=1S/C37H45NO4/c1-4-11-28-21-30-34(37(41)38(36(30)40)29-14-9-6-10-15-29)31-22-42-32(33(28)31)17-16-27(26-12-7-5-8-13-26)20-25-18-23(2)35(39)24(3)19-25/h5,7-8,12-13,18-20,29-32,34,39H,4,6,9-11,14-17,21-22H2,1-3H3/b27-20-/t30-,31+,32-,34-/m1/s1. The van der Waals surface area contributed by atoms with Gasteiger partial charge >= 0.3 is 0 Å². The summed E-state index contributed by atoms with van der Waals surface area (Å²) in [5.74, 6) is 0.0626. The second-order valence-corrected chi connectivity index (χ2v) is 13.0. The van der Waals surface area contributed by atoms with Crippen molar-refractivity contribution in [3.63, 3.8) is 0 Å². The molecule has 42 heavy (non-hydrogen) atoms. The lowest BCUT2D eigenvalue weighted by molar-refractivity contribution is -0.143. The molecule has 1 saturated carbocycles. The van der Waals surface area contributed by atoms with Gasteiger partial charge in [-0.05, 0) is 97.9 Å². The van der Waals surface area contributed by atoms with Crippen LogP contribution in [0.15, 0.2) is 53.6 Å².